The molecule has 0 amide bonds. The zero-order valence-electron chi connectivity index (χ0n) is 14.8. The second-order valence-corrected chi connectivity index (χ2v) is 17.3. The summed E-state index contributed by atoms with van der Waals surface area (Å²) in [6.45, 7) is 9.13. The SMILES string of the molecule is C=CC(=O)OC(C)CCCCCCCCCCC[Si](C)(C)Br. The Labute approximate surface area is 146 Å². The third-order valence-electron chi connectivity index (χ3n) is 3.87. The maximum Gasteiger partial charge on any atom is 0.330 e. The lowest BCUT2D eigenvalue weighted by Gasteiger charge is -2.12. The van der Waals surface area contributed by atoms with Gasteiger partial charge in [0, 0.05) is 6.08 Å². The molecule has 0 fully saturated rings. The molecule has 0 aromatic heterocycles. The molecule has 0 N–H and O–H groups in total. The number of rotatable bonds is 14. The molecule has 0 aliphatic rings. The van der Waals surface area contributed by atoms with Gasteiger partial charge in [-0.1, -0.05) is 71.0 Å². The minimum atomic E-state index is -0.994. The fourth-order valence-electron chi connectivity index (χ4n) is 2.52. The molecule has 0 aromatic carbocycles. The Kier molecular flexibility index (Phi) is 13.3. The molecule has 0 aliphatic heterocycles. The number of ether oxygens (including phenoxy) is 1. The molecular formula is C18H35BrO2Si. The van der Waals surface area contributed by atoms with Crippen molar-refractivity contribution in [1.82, 2.24) is 0 Å². The molecule has 0 saturated heterocycles. The van der Waals surface area contributed by atoms with Crippen molar-refractivity contribution in [3.8, 4) is 0 Å². The molecule has 0 radical (unpaired) electrons. The average molecular weight is 391 g/mol. The minimum Gasteiger partial charge on any atom is -0.460 e. The molecular weight excluding hydrogens is 356 g/mol. The molecule has 0 heterocycles. The van der Waals surface area contributed by atoms with Crippen molar-refractivity contribution in [1.29, 1.82) is 0 Å². The molecule has 4 heteroatoms. The average Bonchev–Trinajstić information content (AvgIpc) is 2.43. The van der Waals surface area contributed by atoms with E-state index in [1.165, 1.54) is 63.5 Å². The van der Waals surface area contributed by atoms with E-state index in [1.54, 1.807) is 0 Å². The van der Waals surface area contributed by atoms with Gasteiger partial charge in [0.25, 0.3) is 0 Å². The van der Waals surface area contributed by atoms with Gasteiger partial charge in [-0.05, 0) is 25.8 Å². The Bertz CT molecular complexity index is 300. The Balaban J connectivity index is 3.24. The smallest absolute Gasteiger partial charge is 0.330 e. The number of halogens is 1. The summed E-state index contributed by atoms with van der Waals surface area (Å²) in [6, 6.07) is 1.40. The normalized spacial score (nSPS) is 12.9. The van der Waals surface area contributed by atoms with Gasteiger partial charge in [-0.25, -0.2) is 4.79 Å². The minimum absolute atomic E-state index is 0.0210. The number of hydrogen-bond donors (Lipinski definition) is 0. The van der Waals surface area contributed by atoms with Gasteiger partial charge < -0.3 is 4.74 Å². The first kappa shape index (κ1) is 21.9. The number of carbonyl (C=O) groups is 1. The van der Waals surface area contributed by atoms with Gasteiger partial charge >= 0.3 is 5.97 Å². The van der Waals surface area contributed by atoms with Crippen LogP contribution in [0.1, 0.15) is 71.1 Å². The largest absolute Gasteiger partial charge is 0.460 e. The maximum absolute atomic E-state index is 11.0. The van der Waals surface area contributed by atoms with E-state index in [1.807, 2.05) is 6.92 Å². The molecule has 0 saturated carbocycles. The Hall–Kier alpha value is -0.0931. The molecule has 1 atom stereocenters. The zero-order chi connectivity index (χ0) is 16.8. The van der Waals surface area contributed by atoms with Crippen LogP contribution in [0.4, 0.5) is 0 Å². The van der Waals surface area contributed by atoms with Crippen LogP contribution in [0.25, 0.3) is 0 Å². The lowest BCUT2D eigenvalue weighted by molar-refractivity contribution is -0.142. The van der Waals surface area contributed by atoms with Crippen molar-refractivity contribution in [2.75, 3.05) is 0 Å². The summed E-state index contributed by atoms with van der Waals surface area (Å²) < 4.78 is 5.15. The summed E-state index contributed by atoms with van der Waals surface area (Å²) in [5.74, 6) is -0.307. The van der Waals surface area contributed by atoms with Crippen molar-refractivity contribution in [3.05, 3.63) is 12.7 Å². The summed E-state index contributed by atoms with van der Waals surface area (Å²) in [4.78, 5) is 11.0. The number of hydrogen-bond acceptors (Lipinski definition) is 2. The second kappa shape index (κ2) is 13.4. The molecule has 0 aliphatic carbocycles. The van der Waals surface area contributed by atoms with Crippen LogP contribution < -0.4 is 0 Å². The topological polar surface area (TPSA) is 26.3 Å². The van der Waals surface area contributed by atoms with Crippen LogP contribution in [-0.4, -0.2) is 18.8 Å². The van der Waals surface area contributed by atoms with E-state index in [0.717, 1.165) is 12.8 Å². The first-order valence-corrected chi connectivity index (χ1v) is 14.3. The molecule has 130 valence electrons. The fraction of sp³-hybridized carbons (Fsp3) is 0.833. The van der Waals surface area contributed by atoms with Crippen LogP contribution in [0.3, 0.4) is 0 Å². The lowest BCUT2D eigenvalue weighted by atomic mass is 10.1. The predicted octanol–water partition coefficient (Wildman–Crippen LogP) is 6.61. The quantitative estimate of drug-likeness (QED) is 0.110. The highest BCUT2D eigenvalue weighted by atomic mass is 79.9. The molecule has 2 nitrogen and oxygen atoms in total. The maximum atomic E-state index is 11.0. The fourth-order valence-corrected chi connectivity index (χ4v) is 4.45. The molecule has 0 aromatic rings. The van der Waals surface area contributed by atoms with Crippen LogP contribution in [-0.2, 0) is 9.53 Å². The highest BCUT2D eigenvalue weighted by Crippen LogP contribution is 2.21. The molecule has 0 bridgehead atoms. The first-order chi connectivity index (χ1) is 10.3. The van der Waals surface area contributed by atoms with Gasteiger partial charge in [0.15, 0.2) is 0 Å². The Morgan fingerprint density at radius 3 is 1.95 bits per heavy atom. The summed E-state index contributed by atoms with van der Waals surface area (Å²) >= 11 is 3.83. The van der Waals surface area contributed by atoms with E-state index in [2.05, 4.69) is 35.0 Å². The van der Waals surface area contributed by atoms with Crippen LogP contribution in [0.5, 0.6) is 0 Å². The third kappa shape index (κ3) is 16.3. The summed E-state index contributed by atoms with van der Waals surface area (Å²) in [7, 11) is 0. The van der Waals surface area contributed by atoms with Crippen LogP contribution in [0.15, 0.2) is 12.7 Å². The monoisotopic (exact) mass is 390 g/mol. The first-order valence-electron chi connectivity index (χ1n) is 8.87. The molecule has 22 heavy (non-hydrogen) atoms. The van der Waals surface area contributed by atoms with Crippen LogP contribution in [0.2, 0.25) is 19.1 Å². The van der Waals surface area contributed by atoms with Gasteiger partial charge in [-0.15, -0.1) is 15.3 Å². The van der Waals surface area contributed by atoms with E-state index >= 15 is 0 Å². The number of unbranched alkanes of at least 4 members (excludes halogenated alkanes) is 8. The van der Waals surface area contributed by atoms with Crippen molar-refractivity contribution in [3.63, 3.8) is 0 Å². The van der Waals surface area contributed by atoms with Gasteiger partial charge in [0.2, 0.25) is 0 Å². The number of esters is 1. The molecule has 1 unspecified atom stereocenters. The van der Waals surface area contributed by atoms with Crippen molar-refractivity contribution in [2.24, 2.45) is 0 Å². The van der Waals surface area contributed by atoms with E-state index in [4.69, 9.17) is 4.74 Å². The second-order valence-electron chi connectivity index (χ2n) is 6.89. The van der Waals surface area contributed by atoms with E-state index in [-0.39, 0.29) is 12.1 Å². The van der Waals surface area contributed by atoms with Crippen LogP contribution in [0, 0.1) is 0 Å². The Morgan fingerprint density at radius 2 is 1.50 bits per heavy atom. The van der Waals surface area contributed by atoms with Crippen molar-refractivity contribution < 1.29 is 9.53 Å². The van der Waals surface area contributed by atoms with Gasteiger partial charge in [0.1, 0.15) is 6.69 Å². The highest BCUT2D eigenvalue weighted by Gasteiger charge is 2.14. The van der Waals surface area contributed by atoms with E-state index in [0.29, 0.717) is 0 Å². The lowest BCUT2D eigenvalue weighted by Crippen LogP contribution is -2.13. The van der Waals surface area contributed by atoms with Gasteiger partial charge in [-0.3, -0.25) is 0 Å². The number of carbonyl (C=O) groups excluding carboxylic acids is 1. The van der Waals surface area contributed by atoms with Crippen LogP contribution >= 0.6 is 15.3 Å². The van der Waals surface area contributed by atoms with Gasteiger partial charge in [-0.2, -0.15) is 0 Å². The summed E-state index contributed by atoms with van der Waals surface area (Å²) in [6.07, 6.45) is 14.2. The van der Waals surface area contributed by atoms with Crippen molar-refractivity contribution >= 4 is 28.0 Å². The van der Waals surface area contributed by atoms with E-state index in [9.17, 15) is 4.79 Å². The molecule has 0 rings (SSSR count). The molecule has 0 spiro atoms. The third-order valence-corrected chi connectivity index (χ3v) is 6.60. The van der Waals surface area contributed by atoms with E-state index < -0.39 is 6.69 Å². The predicted molar refractivity (Wildman–Crippen MR) is 103 cm³/mol. The zero-order valence-corrected chi connectivity index (χ0v) is 17.4. The van der Waals surface area contributed by atoms with Gasteiger partial charge in [0.05, 0.1) is 6.10 Å². The highest BCUT2D eigenvalue weighted by molar-refractivity contribution is 9.26. The summed E-state index contributed by atoms with van der Waals surface area (Å²) in [5.41, 5.74) is 0. The van der Waals surface area contributed by atoms with Crippen molar-refractivity contribution in [2.45, 2.75) is 96.4 Å². The summed E-state index contributed by atoms with van der Waals surface area (Å²) in [5, 5.41) is 0. The standard InChI is InChI=1S/C18H35BrO2Si/c1-5-18(20)21-17(2)15-13-11-9-7-6-8-10-12-14-16-22(3,4)19/h5,17H,1,6-16H2,2-4H3. The Morgan fingerprint density at radius 1 is 1.05 bits per heavy atom.